The molecule has 2 heterocycles. The van der Waals surface area contributed by atoms with E-state index in [4.69, 9.17) is 0 Å². The highest BCUT2D eigenvalue weighted by molar-refractivity contribution is 9.10. The highest BCUT2D eigenvalue weighted by Gasteiger charge is 2.41. The van der Waals surface area contributed by atoms with Crippen molar-refractivity contribution in [2.75, 3.05) is 6.54 Å². The largest absolute Gasteiger partial charge is 0.337 e. The molecule has 2 fully saturated rings. The van der Waals surface area contributed by atoms with Crippen LogP contribution in [0.5, 0.6) is 0 Å². The van der Waals surface area contributed by atoms with Gasteiger partial charge < -0.3 is 4.90 Å². The van der Waals surface area contributed by atoms with Crippen LogP contribution in [0.3, 0.4) is 0 Å². The van der Waals surface area contributed by atoms with Gasteiger partial charge in [-0.2, -0.15) is 5.10 Å². The number of hydrogen-bond donors (Lipinski definition) is 0. The molecule has 6 heteroatoms. The van der Waals surface area contributed by atoms with Crippen molar-refractivity contribution in [3.63, 3.8) is 0 Å². The third kappa shape index (κ3) is 2.62. The van der Waals surface area contributed by atoms with E-state index >= 15 is 0 Å². The van der Waals surface area contributed by atoms with Gasteiger partial charge in [0.05, 0.1) is 16.4 Å². The molecule has 0 spiro atoms. The summed E-state index contributed by atoms with van der Waals surface area (Å²) in [6.45, 7) is 4.40. The number of hydrogen-bond acceptors (Lipinski definition) is 3. The lowest BCUT2D eigenvalue weighted by Gasteiger charge is -2.44. The molecule has 1 aromatic heterocycles. The van der Waals surface area contributed by atoms with Gasteiger partial charge in [-0.3, -0.25) is 14.3 Å². The summed E-state index contributed by atoms with van der Waals surface area (Å²) in [6, 6.07) is -0.230. The highest BCUT2D eigenvalue weighted by Crippen LogP contribution is 2.34. The van der Waals surface area contributed by atoms with Gasteiger partial charge in [-0.15, -0.1) is 0 Å². The van der Waals surface area contributed by atoms with E-state index in [1.54, 1.807) is 10.9 Å². The van der Waals surface area contributed by atoms with Crippen LogP contribution < -0.4 is 0 Å². The first-order valence-corrected chi connectivity index (χ1v) is 8.83. The average Bonchev–Trinajstić information content (AvgIpc) is 2.86. The van der Waals surface area contributed by atoms with Crippen molar-refractivity contribution in [2.24, 2.45) is 5.92 Å². The van der Waals surface area contributed by atoms with E-state index in [1.165, 1.54) is 0 Å². The fourth-order valence-electron chi connectivity index (χ4n) is 3.85. The minimum absolute atomic E-state index is 0.0594. The number of rotatable bonds is 2. The topological polar surface area (TPSA) is 55.2 Å². The van der Waals surface area contributed by atoms with Crippen LogP contribution in [0, 0.1) is 12.8 Å². The van der Waals surface area contributed by atoms with Gasteiger partial charge in [0.25, 0.3) is 0 Å². The number of fused-ring (bicyclic) bond motifs is 1. The Morgan fingerprint density at radius 1 is 1.41 bits per heavy atom. The van der Waals surface area contributed by atoms with E-state index in [0.717, 1.165) is 35.8 Å². The predicted octanol–water partition coefficient (Wildman–Crippen LogP) is 2.88. The fourth-order valence-corrected chi connectivity index (χ4v) is 4.13. The lowest BCUT2D eigenvalue weighted by Crippen LogP contribution is -2.54. The summed E-state index contributed by atoms with van der Waals surface area (Å²) in [7, 11) is 0. The summed E-state index contributed by atoms with van der Waals surface area (Å²) in [5, 5.41) is 4.31. The number of piperidine rings is 1. The highest BCUT2D eigenvalue weighted by atomic mass is 79.9. The normalized spacial score (nSPS) is 26.7. The number of carbonyl (C=O) groups is 2. The van der Waals surface area contributed by atoms with Crippen LogP contribution in [0.25, 0.3) is 0 Å². The van der Waals surface area contributed by atoms with Crippen LogP contribution in [0.2, 0.25) is 0 Å². The lowest BCUT2D eigenvalue weighted by atomic mass is 9.77. The van der Waals surface area contributed by atoms with E-state index in [2.05, 4.69) is 21.0 Å². The first kappa shape index (κ1) is 15.7. The van der Waals surface area contributed by atoms with Crippen molar-refractivity contribution >= 4 is 27.6 Å². The monoisotopic (exact) mass is 367 g/mol. The van der Waals surface area contributed by atoms with Crippen LogP contribution in [0.15, 0.2) is 10.7 Å². The molecular formula is C16H22BrN3O2. The maximum absolute atomic E-state index is 13.0. The number of likely N-dealkylation sites (tertiary alicyclic amines) is 1. The number of carbonyl (C=O) groups excluding carboxylic acids is 2. The van der Waals surface area contributed by atoms with Gasteiger partial charge in [0.1, 0.15) is 11.8 Å². The molecule has 1 saturated carbocycles. The summed E-state index contributed by atoms with van der Waals surface area (Å²) in [5.74, 6) is 0.492. The van der Waals surface area contributed by atoms with E-state index < -0.39 is 0 Å². The standard InChI is InChI=1S/C16H22BrN3O2/c1-10-13(17)9-18-20(10)11(2)16(22)19-8-7-15(21)12-5-3-4-6-14(12)19/h9,11-12,14H,3-8H2,1-2H3/t11-,12-,14+/m1/s1. The molecule has 0 radical (unpaired) electrons. The fraction of sp³-hybridized carbons (Fsp3) is 0.688. The van der Waals surface area contributed by atoms with Crippen LogP contribution in [0.4, 0.5) is 0 Å². The lowest BCUT2D eigenvalue weighted by molar-refractivity contribution is -0.145. The second kappa shape index (κ2) is 6.14. The zero-order valence-corrected chi connectivity index (χ0v) is 14.7. The molecule has 2 aliphatic rings. The summed E-state index contributed by atoms with van der Waals surface area (Å²) in [5.41, 5.74) is 0.953. The smallest absolute Gasteiger partial charge is 0.247 e. The Morgan fingerprint density at radius 3 is 2.82 bits per heavy atom. The zero-order valence-electron chi connectivity index (χ0n) is 13.1. The van der Waals surface area contributed by atoms with Crippen molar-refractivity contribution in [1.82, 2.24) is 14.7 Å². The minimum atomic E-state index is -0.331. The van der Waals surface area contributed by atoms with Crippen LogP contribution in [-0.2, 0) is 9.59 Å². The number of amides is 1. The summed E-state index contributed by atoms with van der Waals surface area (Å²) < 4.78 is 2.68. The number of Topliss-reactive ketones (excluding diaryl/α,β-unsaturated/α-hetero) is 1. The maximum Gasteiger partial charge on any atom is 0.247 e. The van der Waals surface area contributed by atoms with E-state index in [0.29, 0.717) is 18.7 Å². The quantitative estimate of drug-likeness (QED) is 0.807. The van der Waals surface area contributed by atoms with Gasteiger partial charge in [0, 0.05) is 24.9 Å². The van der Waals surface area contributed by atoms with E-state index in [9.17, 15) is 9.59 Å². The van der Waals surface area contributed by atoms with Gasteiger partial charge in [-0.1, -0.05) is 12.8 Å². The van der Waals surface area contributed by atoms with Crippen LogP contribution >= 0.6 is 15.9 Å². The minimum Gasteiger partial charge on any atom is -0.337 e. The molecule has 1 aliphatic heterocycles. The van der Waals surface area contributed by atoms with Crippen molar-refractivity contribution in [3.8, 4) is 0 Å². The number of ketones is 1. The molecular weight excluding hydrogens is 346 g/mol. The van der Waals surface area contributed by atoms with Gasteiger partial charge >= 0.3 is 0 Å². The third-order valence-electron chi connectivity index (χ3n) is 5.13. The number of aromatic nitrogens is 2. The SMILES string of the molecule is Cc1c(Br)cnn1[C@H](C)C(=O)N1CCC(=O)[C@@H]2CCCC[C@@H]21. The Morgan fingerprint density at radius 2 is 2.14 bits per heavy atom. The van der Waals surface area contributed by atoms with Crippen molar-refractivity contribution < 1.29 is 9.59 Å². The molecule has 0 aromatic carbocycles. The first-order chi connectivity index (χ1) is 10.5. The molecule has 0 unspecified atom stereocenters. The van der Waals surface area contributed by atoms with Crippen molar-refractivity contribution in [3.05, 3.63) is 16.4 Å². The van der Waals surface area contributed by atoms with Crippen molar-refractivity contribution in [2.45, 2.75) is 58.0 Å². The molecule has 120 valence electrons. The Bertz CT molecular complexity index is 598. The Labute approximate surface area is 139 Å². The van der Waals surface area contributed by atoms with Gasteiger partial charge in [-0.25, -0.2) is 0 Å². The summed E-state index contributed by atoms with van der Waals surface area (Å²) in [6.07, 6.45) is 6.34. The molecule has 0 N–H and O–H groups in total. The molecule has 1 aliphatic carbocycles. The van der Waals surface area contributed by atoms with Gasteiger partial charge in [-0.05, 0) is 42.6 Å². The molecule has 5 nitrogen and oxygen atoms in total. The average molecular weight is 368 g/mol. The molecule has 22 heavy (non-hydrogen) atoms. The molecule has 1 amide bonds. The number of halogens is 1. The third-order valence-corrected chi connectivity index (χ3v) is 5.91. The van der Waals surface area contributed by atoms with Crippen LogP contribution in [-0.4, -0.2) is 39.0 Å². The predicted molar refractivity (Wildman–Crippen MR) is 86.5 cm³/mol. The van der Waals surface area contributed by atoms with E-state index in [-0.39, 0.29) is 23.9 Å². The Hall–Kier alpha value is -1.17. The molecule has 0 bridgehead atoms. The summed E-state index contributed by atoms with van der Waals surface area (Å²) >= 11 is 3.44. The van der Waals surface area contributed by atoms with Crippen LogP contribution in [0.1, 0.15) is 50.8 Å². The molecule has 3 atom stereocenters. The molecule has 3 rings (SSSR count). The molecule has 1 aromatic rings. The Balaban J connectivity index is 1.81. The number of nitrogens with zero attached hydrogens (tertiary/aromatic N) is 3. The van der Waals surface area contributed by atoms with Gasteiger partial charge in [0.2, 0.25) is 5.91 Å². The second-order valence-electron chi connectivity index (χ2n) is 6.40. The first-order valence-electron chi connectivity index (χ1n) is 8.03. The second-order valence-corrected chi connectivity index (χ2v) is 7.26. The zero-order chi connectivity index (χ0) is 15.9. The van der Waals surface area contributed by atoms with E-state index in [1.807, 2.05) is 18.7 Å². The molecule has 1 saturated heterocycles. The van der Waals surface area contributed by atoms with Crippen molar-refractivity contribution in [1.29, 1.82) is 0 Å². The summed E-state index contributed by atoms with van der Waals surface area (Å²) in [4.78, 5) is 27.0. The Kier molecular flexibility index (Phi) is 4.39. The van der Waals surface area contributed by atoms with Gasteiger partial charge in [0.15, 0.2) is 0 Å². The maximum atomic E-state index is 13.0.